The molecule has 0 aromatic carbocycles. The van der Waals surface area contributed by atoms with Gasteiger partial charge in [0.1, 0.15) is 0 Å². The van der Waals surface area contributed by atoms with Crippen LogP contribution in [0.1, 0.15) is 46.5 Å². The van der Waals surface area contributed by atoms with Gasteiger partial charge in [0.25, 0.3) is 0 Å². The summed E-state index contributed by atoms with van der Waals surface area (Å²) in [5.74, 6) is 1.58. The third-order valence-electron chi connectivity index (χ3n) is 5.71. The molecule has 0 aromatic rings. The number of hydrogen-bond donors (Lipinski definition) is 2. The summed E-state index contributed by atoms with van der Waals surface area (Å²) >= 11 is 0. The maximum Gasteiger partial charge on any atom is 0.191 e. The van der Waals surface area contributed by atoms with E-state index in [9.17, 15) is 5.26 Å². The van der Waals surface area contributed by atoms with Crippen LogP contribution in [-0.2, 0) is 4.74 Å². The molecule has 1 aliphatic heterocycles. The van der Waals surface area contributed by atoms with Gasteiger partial charge in [0.15, 0.2) is 5.96 Å². The molecule has 1 heterocycles. The highest BCUT2D eigenvalue weighted by Gasteiger charge is 2.59. The van der Waals surface area contributed by atoms with Crippen LogP contribution >= 0.6 is 0 Å². The van der Waals surface area contributed by atoms with E-state index in [1.54, 1.807) is 0 Å². The Kier molecular flexibility index (Phi) is 4.31. The molecule has 5 unspecified atom stereocenters. The molecule has 3 aliphatic rings. The first kappa shape index (κ1) is 15.6. The van der Waals surface area contributed by atoms with Crippen LogP contribution in [0.3, 0.4) is 0 Å². The van der Waals surface area contributed by atoms with E-state index in [0.29, 0.717) is 18.1 Å². The molecule has 0 bridgehead atoms. The largest absolute Gasteiger partial charge is 0.377 e. The number of nitriles is 1. The molecule has 3 rings (SSSR count). The van der Waals surface area contributed by atoms with Gasteiger partial charge in [0.2, 0.25) is 0 Å². The number of guanidine groups is 1. The zero-order chi connectivity index (χ0) is 15.7. The zero-order valence-corrected chi connectivity index (χ0v) is 13.9. The van der Waals surface area contributed by atoms with Crippen LogP contribution in [0, 0.1) is 28.6 Å². The fourth-order valence-electron chi connectivity index (χ4n) is 4.52. The predicted molar refractivity (Wildman–Crippen MR) is 86.4 cm³/mol. The third-order valence-corrected chi connectivity index (χ3v) is 5.71. The Morgan fingerprint density at radius 1 is 1.32 bits per heavy atom. The number of aliphatic imine (C=N–C) groups is 1. The number of nitrogens with one attached hydrogen (secondary N) is 2. The summed E-state index contributed by atoms with van der Waals surface area (Å²) in [6.45, 7) is 8.22. The van der Waals surface area contributed by atoms with Gasteiger partial charge in [-0.05, 0) is 32.6 Å². The molecule has 5 nitrogen and oxygen atoms in total. The van der Waals surface area contributed by atoms with E-state index >= 15 is 0 Å². The lowest BCUT2D eigenvalue weighted by molar-refractivity contribution is -0.106. The lowest BCUT2D eigenvalue weighted by Gasteiger charge is -2.55. The minimum absolute atomic E-state index is 0.112. The molecule has 0 aromatic heterocycles. The topological polar surface area (TPSA) is 69.4 Å². The molecule has 3 fully saturated rings. The third kappa shape index (κ3) is 2.58. The van der Waals surface area contributed by atoms with Crippen molar-refractivity contribution in [2.45, 2.75) is 64.6 Å². The summed E-state index contributed by atoms with van der Waals surface area (Å²) in [6.07, 6.45) is 4.71. The van der Waals surface area contributed by atoms with Crippen molar-refractivity contribution in [2.24, 2.45) is 22.2 Å². The molecule has 2 N–H and O–H groups in total. The van der Waals surface area contributed by atoms with Gasteiger partial charge in [-0.1, -0.05) is 13.8 Å². The van der Waals surface area contributed by atoms with Crippen LogP contribution < -0.4 is 10.6 Å². The molecule has 0 spiro atoms. The van der Waals surface area contributed by atoms with E-state index in [1.807, 2.05) is 6.92 Å². The molecule has 5 atom stereocenters. The SMILES string of the molecule is CCN=C(NC1CCCC1C#N)NC1C2CCOC2C1(C)C. The lowest BCUT2D eigenvalue weighted by Crippen LogP contribution is -2.68. The first-order valence-electron chi connectivity index (χ1n) is 8.66. The second-order valence-corrected chi connectivity index (χ2v) is 7.43. The smallest absolute Gasteiger partial charge is 0.191 e. The molecule has 122 valence electrons. The number of rotatable bonds is 3. The lowest BCUT2D eigenvalue weighted by atomic mass is 9.57. The van der Waals surface area contributed by atoms with E-state index in [1.165, 1.54) is 0 Å². The van der Waals surface area contributed by atoms with Gasteiger partial charge in [-0.2, -0.15) is 5.26 Å². The summed E-state index contributed by atoms with van der Waals surface area (Å²) in [5, 5.41) is 16.4. The van der Waals surface area contributed by atoms with Gasteiger partial charge in [-0.25, -0.2) is 0 Å². The molecular formula is C17H28N4O. The van der Waals surface area contributed by atoms with Crippen molar-refractivity contribution >= 4 is 5.96 Å². The van der Waals surface area contributed by atoms with Crippen molar-refractivity contribution in [1.82, 2.24) is 10.6 Å². The van der Waals surface area contributed by atoms with Crippen molar-refractivity contribution < 1.29 is 4.74 Å². The predicted octanol–water partition coefficient (Wildman–Crippen LogP) is 2.05. The van der Waals surface area contributed by atoms with Gasteiger partial charge >= 0.3 is 0 Å². The van der Waals surface area contributed by atoms with Gasteiger partial charge in [0, 0.05) is 36.6 Å². The Morgan fingerprint density at radius 2 is 2.14 bits per heavy atom. The molecule has 0 amide bonds. The maximum atomic E-state index is 9.26. The minimum atomic E-state index is 0.112. The van der Waals surface area contributed by atoms with Gasteiger partial charge < -0.3 is 15.4 Å². The highest BCUT2D eigenvalue weighted by molar-refractivity contribution is 5.81. The first-order valence-corrected chi connectivity index (χ1v) is 8.66. The highest BCUT2D eigenvalue weighted by Crippen LogP contribution is 2.52. The molecule has 5 heteroatoms. The van der Waals surface area contributed by atoms with Crippen LogP contribution in [0.15, 0.2) is 4.99 Å². The van der Waals surface area contributed by atoms with Crippen LogP contribution in [0.2, 0.25) is 0 Å². The molecule has 2 saturated carbocycles. The number of nitrogens with zero attached hydrogens (tertiary/aromatic N) is 2. The van der Waals surface area contributed by atoms with Crippen molar-refractivity contribution in [2.75, 3.05) is 13.2 Å². The molecule has 22 heavy (non-hydrogen) atoms. The van der Waals surface area contributed by atoms with Crippen molar-refractivity contribution in [3.63, 3.8) is 0 Å². The standard InChI is InChI=1S/C17H28N4O/c1-4-19-16(20-13-7-5-6-11(13)10-18)21-14-12-8-9-22-15(12)17(14,2)3/h11-15H,4-9H2,1-3H3,(H2,19,20,21). The van der Waals surface area contributed by atoms with Gasteiger partial charge in [-0.15, -0.1) is 0 Å². The maximum absolute atomic E-state index is 9.26. The molecule has 1 saturated heterocycles. The zero-order valence-electron chi connectivity index (χ0n) is 13.9. The fourth-order valence-corrected chi connectivity index (χ4v) is 4.52. The summed E-state index contributed by atoms with van der Waals surface area (Å²) < 4.78 is 5.86. The first-order chi connectivity index (χ1) is 10.6. The quantitative estimate of drug-likeness (QED) is 0.618. The van der Waals surface area contributed by atoms with Crippen LogP contribution in [0.25, 0.3) is 0 Å². The summed E-state index contributed by atoms with van der Waals surface area (Å²) in [6, 6.07) is 3.07. The van der Waals surface area contributed by atoms with E-state index < -0.39 is 0 Å². The van der Waals surface area contributed by atoms with Crippen molar-refractivity contribution in [3.05, 3.63) is 0 Å². The minimum Gasteiger partial charge on any atom is -0.377 e. The number of hydrogen-bond acceptors (Lipinski definition) is 3. The average Bonchev–Trinajstić information content (AvgIpc) is 3.12. The second kappa shape index (κ2) is 6.08. The monoisotopic (exact) mass is 304 g/mol. The fraction of sp³-hybridized carbons (Fsp3) is 0.882. The Bertz CT molecular complexity index is 482. The molecule has 0 radical (unpaired) electrons. The van der Waals surface area contributed by atoms with E-state index in [4.69, 9.17) is 4.74 Å². The van der Waals surface area contributed by atoms with Crippen LogP contribution in [-0.4, -0.2) is 37.3 Å². The van der Waals surface area contributed by atoms with Gasteiger partial charge in [0.05, 0.1) is 18.1 Å². The molecule has 2 aliphatic carbocycles. The highest BCUT2D eigenvalue weighted by atomic mass is 16.5. The molecular weight excluding hydrogens is 276 g/mol. The summed E-state index contributed by atoms with van der Waals surface area (Å²) in [5.41, 5.74) is 0.141. The normalized spacial score (nSPS) is 39.7. The number of ether oxygens (including phenoxy) is 1. The summed E-state index contributed by atoms with van der Waals surface area (Å²) in [4.78, 5) is 4.60. The van der Waals surface area contributed by atoms with Gasteiger partial charge in [-0.3, -0.25) is 4.99 Å². The van der Waals surface area contributed by atoms with Crippen molar-refractivity contribution in [3.8, 4) is 6.07 Å². The number of fused-ring (bicyclic) bond motifs is 1. The Hall–Kier alpha value is -1.28. The Morgan fingerprint density at radius 3 is 2.86 bits per heavy atom. The van der Waals surface area contributed by atoms with Crippen LogP contribution in [0.5, 0.6) is 0 Å². The van der Waals surface area contributed by atoms with E-state index in [2.05, 4.69) is 35.5 Å². The average molecular weight is 304 g/mol. The Balaban J connectivity index is 1.65. The van der Waals surface area contributed by atoms with E-state index in [0.717, 1.165) is 44.8 Å². The van der Waals surface area contributed by atoms with E-state index in [-0.39, 0.29) is 17.4 Å². The summed E-state index contributed by atoms with van der Waals surface area (Å²) in [7, 11) is 0. The van der Waals surface area contributed by atoms with Crippen molar-refractivity contribution in [1.29, 1.82) is 5.26 Å². The van der Waals surface area contributed by atoms with Crippen LogP contribution in [0.4, 0.5) is 0 Å². The Labute approximate surface area is 133 Å². The second-order valence-electron chi connectivity index (χ2n) is 7.43.